The molecule has 2 heterocycles. The summed E-state index contributed by atoms with van der Waals surface area (Å²) in [5, 5.41) is 0.816. The molecule has 0 N–H and O–H groups in total. The van der Waals surface area contributed by atoms with Crippen LogP contribution in [0.15, 0.2) is 35.4 Å². The van der Waals surface area contributed by atoms with Crippen LogP contribution in [0.2, 0.25) is 0 Å². The number of hydrogen-bond donors (Lipinski definition) is 0. The average Bonchev–Trinajstić information content (AvgIpc) is 2.66. The molecule has 0 radical (unpaired) electrons. The number of sulfonamides is 1. The molecule has 140 valence electrons. The Morgan fingerprint density at radius 1 is 1.23 bits per heavy atom. The molecule has 1 aromatic carbocycles. The van der Waals surface area contributed by atoms with Crippen LogP contribution in [-0.2, 0) is 14.8 Å². The number of carbonyl (C=O) groups is 1. The first-order valence-electron chi connectivity index (χ1n) is 8.99. The molecule has 0 bridgehead atoms. The number of hydrogen-bond acceptors (Lipinski definition) is 4. The van der Waals surface area contributed by atoms with E-state index in [4.69, 9.17) is 0 Å². The number of para-hydroxylation sites is 1. The second kappa shape index (κ2) is 7.32. The van der Waals surface area contributed by atoms with Crippen molar-refractivity contribution >= 4 is 26.8 Å². The van der Waals surface area contributed by atoms with Crippen molar-refractivity contribution in [2.24, 2.45) is 5.92 Å². The van der Waals surface area contributed by atoms with Gasteiger partial charge in [-0.1, -0.05) is 26.0 Å². The lowest BCUT2D eigenvalue weighted by Crippen LogP contribution is -2.51. The topological polar surface area (TPSA) is 70.6 Å². The largest absolute Gasteiger partial charge is 0.340 e. The molecule has 0 spiro atoms. The molecule has 1 fully saturated rings. The minimum Gasteiger partial charge on any atom is -0.340 e. The Morgan fingerprint density at radius 2 is 1.92 bits per heavy atom. The van der Waals surface area contributed by atoms with Gasteiger partial charge in [-0.25, -0.2) is 8.42 Å². The second-order valence-electron chi connectivity index (χ2n) is 6.88. The summed E-state index contributed by atoms with van der Waals surface area (Å²) in [6, 6.07) is 7.16. The number of pyridine rings is 1. The first-order valence-corrected chi connectivity index (χ1v) is 10.4. The van der Waals surface area contributed by atoms with E-state index >= 15 is 0 Å². The van der Waals surface area contributed by atoms with Crippen LogP contribution in [0.4, 0.5) is 0 Å². The van der Waals surface area contributed by atoms with Crippen LogP contribution >= 0.6 is 0 Å². The minimum absolute atomic E-state index is 0.0244. The van der Waals surface area contributed by atoms with Gasteiger partial charge in [0.25, 0.3) is 0 Å². The lowest BCUT2D eigenvalue weighted by molar-refractivity contribution is -0.136. The molecule has 7 heteroatoms. The highest BCUT2D eigenvalue weighted by molar-refractivity contribution is 7.89. The number of rotatable bonds is 4. The van der Waals surface area contributed by atoms with Crippen molar-refractivity contribution in [3.05, 3.63) is 36.0 Å². The molecule has 1 amide bonds. The van der Waals surface area contributed by atoms with Crippen molar-refractivity contribution in [2.45, 2.75) is 32.1 Å². The Bertz CT molecular complexity index is 919. The normalized spacial score (nSPS) is 17.4. The number of piperazine rings is 1. The van der Waals surface area contributed by atoms with Crippen molar-refractivity contribution in [1.29, 1.82) is 0 Å². The molecular formula is C19H25N3O3S. The van der Waals surface area contributed by atoms with Gasteiger partial charge in [-0.15, -0.1) is 0 Å². The maximum absolute atomic E-state index is 13.1. The van der Waals surface area contributed by atoms with Crippen LogP contribution in [-0.4, -0.2) is 54.7 Å². The molecule has 1 atom stereocenters. The van der Waals surface area contributed by atoms with Crippen molar-refractivity contribution in [1.82, 2.24) is 14.2 Å². The standard InChI is InChI=1S/C19H25N3O3S/c1-4-15(3)19(23)21-8-10-22(11-9-21)26(24,25)17-7-5-6-16-12-14(2)13-20-18(16)17/h5-7,12-13,15H,4,8-11H2,1-3H3. The third kappa shape index (κ3) is 3.46. The summed E-state index contributed by atoms with van der Waals surface area (Å²) >= 11 is 0. The molecule has 1 aromatic heterocycles. The molecular weight excluding hydrogens is 350 g/mol. The van der Waals surface area contributed by atoms with E-state index in [1.165, 1.54) is 4.31 Å². The smallest absolute Gasteiger partial charge is 0.245 e. The van der Waals surface area contributed by atoms with Crippen molar-refractivity contribution in [2.75, 3.05) is 26.2 Å². The maximum atomic E-state index is 13.1. The van der Waals surface area contributed by atoms with E-state index in [2.05, 4.69) is 4.98 Å². The zero-order valence-electron chi connectivity index (χ0n) is 15.5. The average molecular weight is 375 g/mol. The Morgan fingerprint density at radius 3 is 2.58 bits per heavy atom. The summed E-state index contributed by atoms with van der Waals surface area (Å²) in [5.41, 5.74) is 1.49. The molecule has 0 aliphatic carbocycles. The molecule has 1 saturated heterocycles. The summed E-state index contributed by atoms with van der Waals surface area (Å²) in [6.07, 6.45) is 2.47. The van der Waals surface area contributed by atoms with E-state index < -0.39 is 10.0 Å². The highest BCUT2D eigenvalue weighted by atomic mass is 32.2. The van der Waals surface area contributed by atoms with Gasteiger partial charge in [-0.05, 0) is 31.0 Å². The van der Waals surface area contributed by atoms with E-state index in [-0.39, 0.29) is 16.7 Å². The molecule has 1 unspecified atom stereocenters. The number of nitrogens with zero attached hydrogens (tertiary/aromatic N) is 3. The van der Waals surface area contributed by atoms with Crippen LogP contribution in [0, 0.1) is 12.8 Å². The fraction of sp³-hybridized carbons (Fsp3) is 0.474. The van der Waals surface area contributed by atoms with E-state index in [9.17, 15) is 13.2 Å². The third-order valence-electron chi connectivity index (χ3n) is 5.01. The molecule has 26 heavy (non-hydrogen) atoms. The zero-order chi connectivity index (χ0) is 18.9. The number of amides is 1. The maximum Gasteiger partial charge on any atom is 0.245 e. The van der Waals surface area contributed by atoms with Gasteiger partial charge in [-0.3, -0.25) is 9.78 Å². The predicted octanol–water partition coefficient (Wildman–Crippen LogP) is 2.42. The third-order valence-corrected chi connectivity index (χ3v) is 6.94. The van der Waals surface area contributed by atoms with Crippen molar-refractivity contribution in [3.8, 4) is 0 Å². The minimum atomic E-state index is -3.64. The van der Waals surface area contributed by atoms with Gasteiger partial charge in [0.2, 0.25) is 15.9 Å². The Kier molecular flexibility index (Phi) is 5.29. The van der Waals surface area contributed by atoms with Gasteiger partial charge in [0.1, 0.15) is 4.90 Å². The van der Waals surface area contributed by atoms with Crippen molar-refractivity contribution in [3.63, 3.8) is 0 Å². The number of aromatic nitrogens is 1. The SMILES string of the molecule is CCC(C)C(=O)N1CCN(S(=O)(=O)c2cccc3cc(C)cnc23)CC1. The van der Waals surface area contributed by atoms with Gasteiger partial charge in [0.05, 0.1) is 5.52 Å². The molecule has 1 aliphatic heterocycles. The van der Waals surface area contributed by atoms with Gasteiger partial charge < -0.3 is 4.90 Å². The first kappa shape index (κ1) is 18.8. The number of aryl methyl sites for hydroxylation is 1. The predicted molar refractivity (Wildman–Crippen MR) is 101 cm³/mol. The van der Waals surface area contributed by atoms with E-state index in [0.29, 0.717) is 31.7 Å². The highest BCUT2D eigenvalue weighted by Gasteiger charge is 2.32. The Balaban J connectivity index is 1.84. The van der Waals surface area contributed by atoms with Gasteiger partial charge >= 0.3 is 0 Å². The Hall–Kier alpha value is -1.99. The summed E-state index contributed by atoms with van der Waals surface area (Å²) in [4.78, 5) is 18.7. The van der Waals surface area contributed by atoms with Crippen LogP contribution in [0.3, 0.4) is 0 Å². The second-order valence-corrected chi connectivity index (χ2v) is 8.79. The molecule has 6 nitrogen and oxygen atoms in total. The quantitative estimate of drug-likeness (QED) is 0.823. The fourth-order valence-corrected chi connectivity index (χ4v) is 4.81. The van der Waals surface area contributed by atoms with Crippen LogP contribution in [0.1, 0.15) is 25.8 Å². The highest BCUT2D eigenvalue weighted by Crippen LogP contribution is 2.25. The van der Waals surface area contributed by atoms with Crippen molar-refractivity contribution < 1.29 is 13.2 Å². The fourth-order valence-electron chi connectivity index (χ4n) is 3.23. The summed E-state index contributed by atoms with van der Waals surface area (Å²) in [5.74, 6) is 0.0792. The Labute approximate surface area is 154 Å². The monoisotopic (exact) mass is 375 g/mol. The van der Waals surface area contributed by atoms with E-state index in [1.54, 1.807) is 23.2 Å². The summed E-state index contributed by atoms with van der Waals surface area (Å²) in [6.45, 7) is 7.31. The summed E-state index contributed by atoms with van der Waals surface area (Å²) in [7, 11) is -3.64. The molecule has 0 saturated carbocycles. The van der Waals surface area contributed by atoms with Crippen LogP contribution < -0.4 is 0 Å². The lowest BCUT2D eigenvalue weighted by atomic mass is 10.1. The molecule has 3 rings (SSSR count). The van der Waals surface area contributed by atoms with Gasteiger partial charge in [0, 0.05) is 43.7 Å². The van der Waals surface area contributed by atoms with E-state index in [0.717, 1.165) is 17.4 Å². The van der Waals surface area contributed by atoms with Gasteiger partial charge in [0.15, 0.2) is 0 Å². The van der Waals surface area contributed by atoms with Crippen LogP contribution in [0.25, 0.3) is 10.9 Å². The summed E-state index contributed by atoms with van der Waals surface area (Å²) < 4.78 is 27.7. The number of benzene rings is 1. The first-order chi connectivity index (χ1) is 12.3. The molecule has 2 aromatic rings. The number of fused-ring (bicyclic) bond motifs is 1. The van der Waals surface area contributed by atoms with E-state index in [1.807, 2.05) is 32.9 Å². The zero-order valence-corrected chi connectivity index (χ0v) is 16.3. The van der Waals surface area contributed by atoms with Crippen LogP contribution in [0.5, 0.6) is 0 Å². The molecule has 1 aliphatic rings. The van der Waals surface area contributed by atoms with Gasteiger partial charge in [-0.2, -0.15) is 4.31 Å². The lowest BCUT2D eigenvalue weighted by Gasteiger charge is -2.35. The number of carbonyl (C=O) groups excluding carboxylic acids is 1.